The molecule has 2 atom stereocenters. The Labute approximate surface area is 72.7 Å². The highest BCUT2D eigenvalue weighted by molar-refractivity contribution is 5.72. The number of carboxylic acids is 1. The fourth-order valence-electron chi connectivity index (χ4n) is 0.867. The minimum Gasteiger partial charge on any atom is -0.480 e. The predicted octanol–water partition coefficient (Wildman–Crippen LogP) is 0.603. The van der Waals surface area contributed by atoms with Crippen molar-refractivity contribution in [3.05, 3.63) is 0 Å². The summed E-state index contributed by atoms with van der Waals surface area (Å²) in [7, 11) is 1.64. The Morgan fingerprint density at radius 2 is 2.17 bits per heavy atom. The van der Waals surface area contributed by atoms with Crippen LogP contribution < -0.4 is 5.73 Å². The molecule has 4 heteroatoms. The third kappa shape index (κ3) is 5.09. The highest BCUT2D eigenvalue weighted by Gasteiger charge is 2.10. The Kier molecular flexibility index (Phi) is 5.66. The van der Waals surface area contributed by atoms with Crippen molar-refractivity contribution in [2.45, 2.75) is 38.3 Å². The molecule has 0 amide bonds. The molecule has 0 aromatic rings. The molecule has 0 saturated carbocycles. The van der Waals surface area contributed by atoms with E-state index in [1.54, 1.807) is 7.11 Å². The summed E-state index contributed by atoms with van der Waals surface area (Å²) in [5, 5.41) is 8.45. The largest absolute Gasteiger partial charge is 0.480 e. The van der Waals surface area contributed by atoms with Gasteiger partial charge in [0.2, 0.25) is 0 Å². The molecule has 0 radical (unpaired) electrons. The zero-order valence-corrected chi connectivity index (χ0v) is 7.62. The van der Waals surface area contributed by atoms with E-state index in [2.05, 4.69) is 0 Å². The lowest BCUT2D eigenvalue weighted by Crippen LogP contribution is -2.30. The molecule has 0 aliphatic rings. The summed E-state index contributed by atoms with van der Waals surface area (Å²) in [5.41, 5.74) is 5.30. The van der Waals surface area contributed by atoms with E-state index in [1.807, 2.05) is 6.92 Å². The first kappa shape index (κ1) is 11.4. The highest BCUT2D eigenvalue weighted by Crippen LogP contribution is 2.04. The minimum atomic E-state index is -0.930. The minimum absolute atomic E-state index is 0.186. The molecule has 0 rings (SSSR count). The van der Waals surface area contributed by atoms with Gasteiger partial charge in [0.25, 0.3) is 0 Å². The Morgan fingerprint density at radius 3 is 2.58 bits per heavy atom. The normalized spacial score (nSPS) is 15.6. The van der Waals surface area contributed by atoms with E-state index < -0.39 is 12.0 Å². The van der Waals surface area contributed by atoms with Gasteiger partial charge in [-0.15, -0.1) is 0 Å². The van der Waals surface area contributed by atoms with E-state index in [1.165, 1.54) is 0 Å². The lowest BCUT2D eigenvalue weighted by Gasteiger charge is -2.10. The van der Waals surface area contributed by atoms with E-state index in [0.717, 1.165) is 12.8 Å². The van der Waals surface area contributed by atoms with Gasteiger partial charge >= 0.3 is 5.97 Å². The van der Waals surface area contributed by atoms with Gasteiger partial charge in [-0.1, -0.05) is 0 Å². The van der Waals surface area contributed by atoms with Gasteiger partial charge in [-0.05, 0) is 26.2 Å². The van der Waals surface area contributed by atoms with Crippen molar-refractivity contribution in [1.29, 1.82) is 0 Å². The number of carboxylic acid groups (broad SMARTS) is 1. The third-order valence-electron chi connectivity index (χ3n) is 1.85. The molecule has 0 bridgehead atoms. The molecule has 12 heavy (non-hydrogen) atoms. The van der Waals surface area contributed by atoms with Crippen LogP contribution in [-0.2, 0) is 9.53 Å². The van der Waals surface area contributed by atoms with Crippen molar-refractivity contribution in [1.82, 2.24) is 0 Å². The second-order valence-corrected chi connectivity index (χ2v) is 2.92. The van der Waals surface area contributed by atoms with Crippen molar-refractivity contribution in [3.63, 3.8) is 0 Å². The van der Waals surface area contributed by atoms with Crippen molar-refractivity contribution < 1.29 is 14.6 Å². The lowest BCUT2D eigenvalue weighted by molar-refractivity contribution is -0.138. The average molecular weight is 175 g/mol. The van der Waals surface area contributed by atoms with Crippen molar-refractivity contribution >= 4 is 5.97 Å². The zero-order valence-electron chi connectivity index (χ0n) is 7.62. The Balaban J connectivity index is 3.37. The number of hydrogen-bond acceptors (Lipinski definition) is 3. The molecule has 0 aliphatic heterocycles. The van der Waals surface area contributed by atoms with Crippen LogP contribution in [0.4, 0.5) is 0 Å². The maximum absolute atomic E-state index is 10.3. The maximum atomic E-state index is 10.3. The van der Waals surface area contributed by atoms with Gasteiger partial charge < -0.3 is 15.6 Å². The summed E-state index contributed by atoms with van der Waals surface area (Å²) in [5.74, 6) is -0.930. The Morgan fingerprint density at radius 1 is 1.58 bits per heavy atom. The Hall–Kier alpha value is -0.610. The van der Waals surface area contributed by atoms with Crippen LogP contribution >= 0.6 is 0 Å². The summed E-state index contributed by atoms with van der Waals surface area (Å²) in [6.45, 7) is 1.95. The molecule has 72 valence electrons. The first-order valence-electron chi connectivity index (χ1n) is 4.09. The fourth-order valence-corrected chi connectivity index (χ4v) is 0.867. The molecule has 0 aliphatic carbocycles. The monoisotopic (exact) mass is 175 g/mol. The number of nitrogens with two attached hydrogens (primary N) is 1. The SMILES string of the molecule is COC(C)CCC[C@H](N)C(=O)O. The number of aliphatic carboxylic acids is 1. The van der Waals surface area contributed by atoms with Gasteiger partial charge in [0.05, 0.1) is 6.10 Å². The van der Waals surface area contributed by atoms with Crippen LogP contribution in [0, 0.1) is 0 Å². The van der Waals surface area contributed by atoms with Crippen molar-refractivity contribution in [3.8, 4) is 0 Å². The molecule has 3 N–H and O–H groups in total. The van der Waals surface area contributed by atoms with E-state index in [0.29, 0.717) is 6.42 Å². The number of methoxy groups -OCH3 is 1. The van der Waals surface area contributed by atoms with E-state index in [9.17, 15) is 4.79 Å². The lowest BCUT2D eigenvalue weighted by atomic mass is 10.1. The number of carbonyl (C=O) groups is 1. The maximum Gasteiger partial charge on any atom is 0.320 e. The number of hydrogen-bond donors (Lipinski definition) is 2. The van der Waals surface area contributed by atoms with E-state index in [-0.39, 0.29) is 6.10 Å². The summed E-state index contributed by atoms with van der Waals surface area (Å²) < 4.78 is 5.00. The van der Waals surface area contributed by atoms with Gasteiger partial charge in [0, 0.05) is 7.11 Å². The van der Waals surface area contributed by atoms with Gasteiger partial charge in [-0.25, -0.2) is 0 Å². The number of rotatable bonds is 6. The summed E-state index contributed by atoms with van der Waals surface area (Å²) in [4.78, 5) is 10.3. The van der Waals surface area contributed by atoms with Gasteiger partial charge in [-0.3, -0.25) is 4.79 Å². The van der Waals surface area contributed by atoms with Crippen LogP contribution in [0.5, 0.6) is 0 Å². The second kappa shape index (κ2) is 5.97. The van der Waals surface area contributed by atoms with Crippen LogP contribution in [0.3, 0.4) is 0 Å². The fraction of sp³-hybridized carbons (Fsp3) is 0.875. The summed E-state index contributed by atoms with van der Waals surface area (Å²) in [6.07, 6.45) is 2.36. The van der Waals surface area contributed by atoms with Crippen LogP contribution in [0.1, 0.15) is 26.2 Å². The quantitative estimate of drug-likeness (QED) is 0.620. The second-order valence-electron chi connectivity index (χ2n) is 2.92. The Bertz CT molecular complexity index is 138. The molecule has 0 heterocycles. The van der Waals surface area contributed by atoms with Crippen LogP contribution in [-0.4, -0.2) is 30.3 Å². The molecule has 0 aromatic heterocycles. The van der Waals surface area contributed by atoms with Crippen LogP contribution in [0.2, 0.25) is 0 Å². The third-order valence-corrected chi connectivity index (χ3v) is 1.85. The summed E-state index contributed by atoms with van der Waals surface area (Å²) in [6, 6.07) is -0.728. The molecule has 1 unspecified atom stereocenters. The van der Waals surface area contributed by atoms with Crippen LogP contribution in [0.15, 0.2) is 0 Å². The molecule has 0 saturated heterocycles. The molecule has 0 spiro atoms. The molecular weight excluding hydrogens is 158 g/mol. The summed E-state index contributed by atoms with van der Waals surface area (Å²) >= 11 is 0. The van der Waals surface area contributed by atoms with Gasteiger partial charge in [-0.2, -0.15) is 0 Å². The highest BCUT2D eigenvalue weighted by atomic mass is 16.5. The molecule has 4 nitrogen and oxygen atoms in total. The van der Waals surface area contributed by atoms with Gasteiger partial charge in [0.1, 0.15) is 6.04 Å². The number of ether oxygens (including phenoxy) is 1. The molecular formula is C8H17NO3. The predicted molar refractivity (Wildman–Crippen MR) is 45.9 cm³/mol. The van der Waals surface area contributed by atoms with Crippen molar-refractivity contribution in [2.75, 3.05) is 7.11 Å². The first-order valence-corrected chi connectivity index (χ1v) is 4.09. The molecule has 0 fully saturated rings. The molecule has 0 aromatic carbocycles. The first-order chi connectivity index (χ1) is 5.57. The zero-order chi connectivity index (χ0) is 9.56. The standard InChI is InChI=1S/C8H17NO3/c1-6(12-2)4-3-5-7(9)8(10)11/h6-7H,3-5,9H2,1-2H3,(H,10,11)/t6?,7-/m0/s1. The van der Waals surface area contributed by atoms with Gasteiger partial charge in [0.15, 0.2) is 0 Å². The van der Waals surface area contributed by atoms with E-state index >= 15 is 0 Å². The van der Waals surface area contributed by atoms with E-state index in [4.69, 9.17) is 15.6 Å². The average Bonchev–Trinajstić information content (AvgIpc) is 2.03. The van der Waals surface area contributed by atoms with Crippen molar-refractivity contribution in [2.24, 2.45) is 5.73 Å². The smallest absolute Gasteiger partial charge is 0.320 e. The van der Waals surface area contributed by atoms with Crippen LogP contribution in [0.25, 0.3) is 0 Å². The topological polar surface area (TPSA) is 72.5 Å².